The van der Waals surface area contributed by atoms with Crippen LogP contribution < -0.4 is 10.6 Å². The van der Waals surface area contributed by atoms with Crippen LogP contribution in [0.15, 0.2) is 64.9 Å². The van der Waals surface area contributed by atoms with Gasteiger partial charge < -0.3 is 15.4 Å². The van der Waals surface area contributed by atoms with Gasteiger partial charge in [0.15, 0.2) is 0 Å². The van der Waals surface area contributed by atoms with Gasteiger partial charge in [-0.25, -0.2) is 4.79 Å². The summed E-state index contributed by atoms with van der Waals surface area (Å²) < 4.78 is 5.25. The zero-order valence-corrected chi connectivity index (χ0v) is 22.0. The number of carbonyl (C=O) groups excluding carboxylic acids is 3. The lowest BCUT2D eigenvalue weighted by Crippen LogP contribution is -2.19. The molecule has 0 unspecified atom stereocenters. The van der Waals surface area contributed by atoms with Gasteiger partial charge in [-0.05, 0) is 36.1 Å². The molecule has 3 aromatic rings. The number of thioether (sulfide) groups is 1. The molecule has 184 valence electrons. The first-order valence-electron chi connectivity index (χ1n) is 11.3. The minimum Gasteiger partial charge on any atom is -0.462 e. The van der Waals surface area contributed by atoms with E-state index in [0.29, 0.717) is 22.7 Å². The van der Waals surface area contributed by atoms with E-state index in [1.54, 1.807) is 6.92 Å². The number of amides is 2. The van der Waals surface area contributed by atoms with Crippen molar-refractivity contribution in [3.8, 4) is 11.1 Å². The normalized spacial score (nSPS) is 11.1. The number of nitrogens with one attached hydrogen (secondary N) is 2. The highest BCUT2D eigenvalue weighted by Gasteiger charge is 2.23. The molecular weight excluding hydrogens is 480 g/mol. The first kappa shape index (κ1) is 26.5. The number of anilines is 2. The van der Waals surface area contributed by atoms with E-state index in [4.69, 9.17) is 4.74 Å². The molecule has 0 saturated carbocycles. The predicted octanol–water partition coefficient (Wildman–Crippen LogP) is 6.70. The quantitative estimate of drug-likeness (QED) is 0.247. The zero-order chi connectivity index (χ0) is 25.4. The summed E-state index contributed by atoms with van der Waals surface area (Å²) in [4.78, 5) is 38.5. The molecule has 2 N–H and O–H groups in total. The van der Waals surface area contributed by atoms with Crippen molar-refractivity contribution < 1.29 is 19.1 Å². The maximum absolute atomic E-state index is 12.7. The van der Waals surface area contributed by atoms with Gasteiger partial charge >= 0.3 is 5.97 Å². The number of benzene rings is 2. The number of esters is 1. The molecule has 2 amide bonds. The minimum absolute atomic E-state index is 0.0456. The van der Waals surface area contributed by atoms with Crippen molar-refractivity contribution in [3.63, 3.8) is 0 Å². The summed E-state index contributed by atoms with van der Waals surface area (Å²) in [5.74, 6) is -0.588. The van der Waals surface area contributed by atoms with Gasteiger partial charge in [-0.15, -0.1) is 23.1 Å². The van der Waals surface area contributed by atoms with E-state index in [1.807, 2.05) is 80.7 Å². The molecule has 0 saturated heterocycles. The second kappa shape index (κ2) is 12.0. The largest absolute Gasteiger partial charge is 0.462 e. The maximum atomic E-state index is 12.7. The second-order valence-electron chi connectivity index (χ2n) is 9.09. The van der Waals surface area contributed by atoms with Gasteiger partial charge in [0.05, 0.1) is 12.4 Å². The van der Waals surface area contributed by atoms with Gasteiger partial charge in [-0.3, -0.25) is 9.59 Å². The van der Waals surface area contributed by atoms with Crippen LogP contribution in [0, 0.1) is 5.41 Å². The van der Waals surface area contributed by atoms with Gasteiger partial charge in [-0.2, -0.15) is 0 Å². The Morgan fingerprint density at radius 2 is 1.71 bits per heavy atom. The lowest BCUT2D eigenvalue weighted by Gasteiger charge is -2.17. The molecule has 0 fully saturated rings. The Labute approximate surface area is 214 Å². The average Bonchev–Trinajstić information content (AvgIpc) is 3.21. The van der Waals surface area contributed by atoms with E-state index in [9.17, 15) is 14.4 Å². The molecular formula is C27H30N2O4S2. The Kier molecular flexibility index (Phi) is 9.12. The Morgan fingerprint density at radius 3 is 2.40 bits per heavy atom. The Morgan fingerprint density at radius 1 is 0.971 bits per heavy atom. The average molecular weight is 511 g/mol. The lowest BCUT2D eigenvalue weighted by molar-refractivity contribution is -0.118. The van der Waals surface area contributed by atoms with Crippen molar-refractivity contribution in [1.29, 1.82) is 0 Å². The fraction of sp³-hybridized carbons (Fsp3) is 0.296. The van der Waals surface area contributed by atoms with E-state index in [2.05, 4.69) is 10.6 Å². The van der Waals surface area contributed by atoms with Crippen LogP contribution in [0.5, 0.6) is 0 Å². The summed E-state index contributed by atoms with van der Waals surface area (Å²) >= 11 is 2.65. The van der Waals surface area contributed by atoms with Crippen LogP contribution in [0.25, 0.3) is 11.1 Å². The Bertz CT molecular complexity index is 1180. The fourth-order valence-corrected chi connectivity index (χ4v) is 5.08. The molecule has 1 aromatic heterocycles. The fourth-order valence-electron chi connectivity index (χ4n) is 3.35. The number of carbonyl (C=O) groups is 3. The summed E-state index contributed by atoms with van der Waals surface area (Å²) in [6.07, 6.45) is 0.418. The van der Waals surface area contributed by atoms with Crippen LogP contribution in [-0.4, -0.2) is 30.1 Å². The van der Waals surface area contributed by atoms with Crippen molar-refractivity contribution >= 4 is 51.6 Å². The van der Waals surface area contributed by atoms with Gasteiger partial charge in [0.1, 0.15) is 10.6 Å². The molecule has 1 heterocycles. The number of rotatable bonds is 9. The predicted molar refractivity (Wildman–Crippen MR) is 144 cm³/mol. The van der Waals surface area contributed by atoms with Crippen molar-refractivity contribution in [2.75, 3.05) is 23.0 Å². The van der Waals surface area contributed by atoms with E-state index >= 15 is 0 Å². The molecule has 0 aliphatic rings. The summed E-state index contributed by atoms with van der Waals surface area (Å²) in [6.45, 7) is 8.04. The lowest BCUT2D eigenvalue weighted by atomic mass is 9.92. The number of thiophene rings is 1. The second-order valence-corrected chi connectivity index (χ2v) is 11.0. The van der Waals surface area contributed by atoms with Crippen molar-refractivity contribution in [3.05, 3.63) is 65.5 Å². The van der Waals surface area contributed by atoms with E-state index in [0.717, 1.165) is 16.0 Å². The van der Waals surface area contributed by atoms with E-state index in [1.165, 1.54) is 23.1 Å². The topological polar surface area (TPSA) is 84.5 Å². The molecule has 6 nitrogen and oxygen atoms in total. The third kappa shape index (κ3) is 7.97. The van der Waals surface area contributed by atoms with E-state index in [-0.39, 0.29) is 29.6 Å². The first-order chi connectivity index (χ1) is 16.7. The third-order valence-electron chi connectivity index (χ3n) is 4.79. The number of hydrogen-bond donors (Lipinski definition) is 2. The van der Waals surface area contributed by atoms with Gasteiger partial charge in [0, 0.05) is 27.9 Å². The van der Waals surface area contributed by atoms with Crippen molar-refractivity contribution in [2.24, 2.45) is 5.41 Å². The van der Waals surface area contributed by atoms with Crippen molar-refractivity contribution in [1.82, 2.24) is 0 Å². The van der Waals surface area contributed by atoms with Crippen LogP contribution in [0.3, 0.4) is 0 Å². The van der Waals surface area contributed by atoms with Gasteiger partial charge in [-0.1, -0.05) is 57.2 Å². The highest BCUT2D eigenvalue weighted by atomic mass is 32.2. The van der Waals surface area contributed by atoms with Gasteiger partial charge in [0.2, 0.25) is 11.8 Å². The van der Waals surface area contributed by atoms with Crippen LogP contribution in [0.2, 0.25) is 0 Å². The molecule has 0 atom stereocenters. The highest BCUT2D eigenvalue weighted by molar-refractivity contribution is 8.00. The molecule has 0 bridgehead atoms. The monoisotopic (exact) mass is 510 g/mol. The van der Waals surface area contributed by atoms with Crippen LogP contribution in [0.4, 0.5) is 10.7 Å². The first-order valence-corrected chi connectivity index (χ1v) is 13.2. The Hall–Kier alpha value is -3.10. The van der Waals surface area contributed by atoms with E-state index < -0.39 is 5.97 Å². The third-order valence-corrected chi connectivity index (χ3v) is 6.68. The summed E-state index contributed by atoms with van der Waals surface area (Å²) in [7, 11) is 0. The Balaban J connectivity index is 1.67. The smallest absolute Gasteiger partial charge is 0.341 e. The van der Waals surface area contributed by atoms with Crippen molar-refractivity contribution in [2.45, 2.75) is 39.0 Å². The summed E-state index contributed by atoms with van der Waals surface area (Å²) in [5, 5.41) is 8.11. The van der Waals surface area contributed by atoms with Gasteiger partial charge in [0.25, 0.3) is 0 Å². The zero-order valence-electron chi connectivity index (χ0n) is 20.3. The van der Waals surface area contributed by atoms with Crippen LogP contribution in [-0.2, 0) is 14.3 Å². The highest BCUT2D eigenvalue weighted by Crippen LogP contribution is 2.36. The standard InChI is InChI=1S/C27H30N2O4S2/c1-5-33-26(32)24-21(18-10-7-6-8-11-18)16-35-25(24)29-23(31)17-34-20-13-9-12-19(14-20)28-22(30)15-27(2,3)4/h6-14,16H,5,15,17H2,1-4H3,(H,28,30)(H,29,31). The number of hydrogen-bond acceptors (Lipinski definition) is 6. The molecule has 0 aliphatic carbocycles. The molecule has 8 heteroatoms. The minimum atomic E-state index is -0.464. The molecule has 2 aromatic carbocycles. The maximum Gasteiger partial charge on any atom is 0.341 e. The SMILES string of the molecule is CCOC(=O)c1c(-c2ccccc2)csc1NC(=O)CSc1cccc(NC(=O)CC(C)(C)C)c1. The molecule has 0 aliphatic heterocycles. The molecule has 35 heavy (non-hydrogen) atoms. The molecule has 0 radical (unpaired) electrons. The number of ether oxygens (including phenoxy) is 1. The summed E-state index contributed by atoms with van der Waals surface area (Å²) in [6, 6.07) is 16.9. The summed E-state index contributed by atoms with van der Waals surface area (Å²) in [5.41, 5.74) is 2.58. The molecule has 0 spiro atoms. The van der Waals surface area contributed by atoms with Crippen LogP contribution >= 0.6 is 23.1 Å². The molecule has 3 rings (SSSR count). The van der Waals surface area contributed by atoms with Crippen LogP contribution in [0.1, 0.15) is 44.5 Å².